The van der Waals surface area contributed by atoms with Gasteiger partial charge in [0.2, 0.25) is 11.8 Å². The molecular formula is C18H11ClF3N3O2. The summed E-state index contributed by atoms with van der Waals surface area (Å²) in [6.45, 7) is 0. The van der Waals surface area contributed by atoms with E-state index in [1.54, 1.807) is 24.3 Å². The summed E-state index contributed by atoms with van der Waals surface area (Å²) in [4.78, 5) is 29.1. The second kappa shape index (κ2) is 6.09. The fourth-order valence-corrected chi connectivity index (χ4v) is 3.33. The molecule has 0 N–H and O–H groups in total. The van der Waals surface area contributed by atoms with Crippen LogP contribution >= 0.6 is 11.6 Å². The Labute approximate surface area is 156 Å². The Morgan fingerprint density at radius 3 is 2.44 bits per heavy atom. The van der Waals surface area contributed by atoms with Crippen molar-refractivity contribution in [2.24, 2.45) is 0 Å². The zero-order chi connectivity index (χ0) is 19.3. The van der Waals surface area contributed by atoms with Crippen LogP contribution in [0.4, 0.5) is 18.9 Å². The molecule has 9 heteroatoms. The molecule has 4 rings (SSSR count). The molecule has 0 radical (unpaired) electrons. The zero-order valence-electron chi connectivity index (χ0n) is 13.6. The molecule has 1 aliphatic rings. The van der Waals surface area contributed by atoms with Crippen molar-refractivity contribution in [2.75, 3.05) is 4.90 Å². The van der Waals surface area contributed by atoms with Gasteiger partial charge in [0, 0.05) is 24.6 Å². The molecule has 1 aromatic carbocycles. The van der Waals surface area contributed by atoms with Crippen LogP contribution in [0.1, 0.15) is 18.4 Å². The summed E-state index contributed by atoms with van der Waals surface area (Å²) >= 11 is 5.98. The van der Waals surface area contributed by atoms with Crippen molar-refractivity contribution in [3.63, 3.8) is 0 Å². The number of carbonyl (C=O) groups is 2. The minimum atomic E-state index is -4.56. The van der Waals surface area contributed by atoms with Crippen LogP contribution in [0.25, 0.3) is 16.9 Å². The lowest BCUT2D eigenvalue weighted by atomic mass is 10.1. The maximum Gasteiger partial charge on any atom is 0.417 e. The number of benzene rings is 1. The fraction of sp³-hybridized carbons (Fsp3) is 0.167. The Balaban J connectivity index is 1.86. The second-order valence-electron chi connectivity index (χ2n) is 6.08. The third-order valence-corrected chi connectivity index (χ3v) is 4.64. The minimum absolute atomic E-state index is 0.0790. The molecule has 138 valence electrons. The summed E-state index contributed by atoms with van der Waals surface area (Å²) in [5, 5.41) is -0.0790. The van der Waals surface area contributed by atoms with Crippen molar-refractivity contribution in [1.82, 2.24) is 9.38 Å². The minimum Gasteiger partial charge on any atom is -0.298 e. The monoisotopic (exact) mass is 393 g/mol. The van der Waals surface area contributed by atoms with Gasteiger partial charge in [0.15, 0.2) is 0 Å². The standard InChI is InChI=1S/C18H11ClF3N3O2/c19-13-7-11(18(20,21)22)9-24-14(13)8-23-17(24)10-2-1-3-12(6-10)25-15(26)4-5-16(25)27/h1-3,6-9H,4-5H2. The third kappa shape index (κ3) is 2.95. The van der Waals surface area contributed by atoms with E-state index in [4.69, 9.17) is 11.6 Å². The number of imidazole rings is 1. The van der Waals surface area contributed by atoms with Crippen LogP contribution in [0.15, 0.2) is 42.7 Å². The highest BCUT2D eigenvalue weighted by molar-refractivity contribution is 6.33. The molecule has 1 fully saturated rings. The number of alkyl halides is 3. The molecule has 3 aromatic rings. The predicted molar refractivity (Wildman–Crippen MR) is 92.4 cm³/mol. The number of pyridine rings is 1. The van der Waals surface area contributed by atoms with Gasteiger partial charge in [0.25, 0.3) is 0 Å². The van der Waals surface area contributed by atoms with E-state index in [-0.39, 0.29) is 35.5 Å². The Morgan fingerprint density at radius 2 is 1.78 bits per heavy atom. The smallest absolute Gasteiger partial charge is 0.298 e. The number of nitrogens with zero attached hydrogens (tertiary/aromatic N) is 3. The number of carbonyl (C=O) groups excluding carboxylic acids is 2. The summed E-state index contributed by atoms with van der Waals surface area (Å²) < 4.78 is 40.6. The number of imide groups is 1. The van der Waals surface area contributed by atoms with Crippen molar-refractivity contribution in [2.45, 2.75) is 19.0 Å². The van der Waals surface area contributed by atoms with Crippen LogP contribution in [-0.2, 0) is 15.8 Å². The van der Waals surface area contributed by atoms with Gasteiger partial charge in [-0.25, -0.2) is 4.98 Å². The summed E-state index contributed by atoms with van der Waals surface area (Å²) in [5.41, 5.74) is 0.226. The summed E-state index contributed by atoms with van der Waals surface area (Å²) in [6.07, 6.45) is -1.99. The number of hydrogen-bond donors (Lipinski definition) is 0. The van der Waals surface area contributed by atoms with E-state index >= 15 is 0 Å². The first kappa shape index (κ1) is 17.5. The predicted octanol–water partition coefficient (Wildman–Crippen LogP) is 4.33. The largest absolute Gasteiger partial charge is 0.417 e. The second-order valence-corrected chi connectivity index (χ2v) is 6.49. The van der Waals surface area contributed by atoms with Crippen LogP contribution < -0.4 is 4.90 Å². The molecule has 0 bridgehead atoms. The van der Waals surface area contributed by atoms with Gasteiger partial charge in [-0.05, 0) is 18.2 Å². The Kier molecular flexibility index (Phi) is 3.96. The fourth-order valence-electron chi connectivity index (χ4n) is 3.07. The summed E-state index contributed by atoms with van der Waals surface area (Å²) in [7, 11) is 0. The molecule has 0 atom stereocenters. The van der Waals surface area contributed by atoms with E-state index in [1.807, 2.05) is 0 Å². The summed E-state index contributed by atoms with van der Waals surface area (Å²) in [6, 6.07) is 7.23. The maximum atomic E-state index is 13.1. The van der Waals surface area contributed by atoms with Crippen molar-refractivity contribution in [3.05, 3.63) is 53.3 Å². The maximum absolute atomic E-state index is 13.1. The van der Waals surface area contributed by atoms with Crippen LogP contribution in [-0.4, -0.2) is 21.2 Å². The van der Waals surface area contributed by atoms with Crippen molar-refractivity contribution in [1.29, 1.82) is 0 Å². The Bertz CT molecular complexity index is 1080. The van der Waals surface area contributed by atoms with E-state index < -0.39 is 11.7 Å². The van der Waals surface area contributed by atoms with Gasteiger partial charge in [0.05, 0.1) is 28.0 Å². The molecule has 5 nitrogen and oxygen atoms in total. The highest BCUT2D eigenvalue weighted by Crippen LogP contribution is 2.35. The zero-order valence-corrected chi connectivity index (χ0v) is 14.4. The number of halogens is 4. The average molecular weight is 394 g/mol. The SMILES string of the molecule is O=C1CCC(=O)N1c1cccc(-c2ncc3c(Cl)cc(C(F)(F)F)cn23)c1. The van der Waals surface area contributed by atoms with E-state index in [2.05, 4.69) is 4.98 Å². The highest BCUT2D eigenvalue weighted by Gasteiger charge is 2.33. The number of amides is 2. The topological polar surface area (TPSA) is 54.7 Å². The molecule has 0 spiro atoms. The number of anilines is 1. The first-order valence-corrected chi connectivity index (χ1v) is 8.33. The lowest BCUT2D eigenvalue weighted by Crippen LogP contribution is -2.28. The van der Waals surface area contributed by atoms with Crippen molar-refractivity contribution in [3.8, 4) is 11.4 Å². The van der Waals surface area contributed by atoms with Gasteiger partial charge < -0.3 is 0 Å². The van der Waals surface area contributed by atoms with Crippen LogP contribution in [0, 0.1) is 0 Å². The molecule has 27 heavy (non-hydrogen) atoms. The number of rotatable bonds is 2. The van der Waals surface area contributed by atoms with Crippen molar-refractivity contribution >= 4 is 34.6 Å². The van der Waals surface area contributed by atoms with Gasteiger partial charge in [-0.3, -0.25) is 18.9 Å². The first-order chi connectivity index (χ1) is 12.8. The molecular weight excluding hydrogens is 383 g/mol. The molecule has 0 unspecified atom stereocenters. The Morgan fingerprint density at radius 1 is 1.07 bits per heavy atom. The first-order valence-electron chi connectivity index (χ1n) is 7.96. The van der Waals surface area contributed by atoms with Gasteiger partial charge in [-0.15, -0.1) is 0 Å². The quantitative estimate of drug-likeness (QED) is 0.609. The van der Waals surface area contributed by atoms with E-state index in [1.165, 1.54) is 10.6 Å². The van der Waals surface area contributed by atoms with E-state index in [9.17, 15) is 22.8 Å². The lowest BCUT2D eigenvalue weighted by molar-refractivity contribution is -0.137. The number of fused-ring (bicyclic) bond motifs is 1. The highest BCUT2D eigenvalue weighted by atomic mass is 35.5. The van der Waals surface area contributed by atoms with E-state index in [0.717, 1.165) is 17.2 Å². The molecule has 1 aliphatic heterocycles. The molecule has 2 aromatic heterocycles. The van der Waals surface area contributed by atoms with Crippen LogP contribution in [0.5, 0.6) is 0 Å². The van der Waals surface area contributed by atoms with Gasteiger partial charge in [-0.1, -0.05) is 23.7 Å². The van der Waals surface area contributed by atoms with Gasteiger partial charge in [-0.2, -0.15) is 13.2 Å². The normalized spacial score (nSPS) is 15.2. The van der Waals surface area contributed by atoms with Gasteiger partial charge >= 0.3 is 6.18 Å². The summed E-state index contributed by atoms with van der Waals surface area (Å²) in [5.74, 6) is -0.404. The molecule has 2 amide bonds. The molecule has 0 saturated carbocycles. The molecule has 0 aliphatic carbocycles. The Hall–Kier alpha value is -2.87. The van der Waals surface area contributed by atoms with Crippen LogP contribution in [0.2, 0.25) is 5.02 Å². The van der Waals surface area contributed by atoms with Gasteiger partial charge in [0.1, 0.15) is 5.82 Å². The molecule has 1 saturated heterocycles. The average Bonchev–Trinajstić information content (AvgIpc) is 3.18. The lowest BCUT2D eigenvalue weighted by Gasteiger charge is -2.15. The molecule has 3 heterocycles. The van der Waals surface area contributed by atoms with Crippen molar-refractivity contribution < 1.29 is 22.8 Å². The third-order valence-electron chi connectivity index (χ3n) is 4.33. The van der Waals surface area contributed by atoms with E-state index in [0.29, 0.717) is 16.8 Å². The van der Waals surface area contributed by atoms with Crippen LogP contribution in [0.3, 0.4) is 0 Å². The number of aromatic nitrogens is 2. The number of hydrogen-bond acceptors (Lipinski definition) is 3.